The van der Waals surface area contributed by atoms with Crippen molar-refractivity contribution in [2.24, 2.45) is 0 Å². The summed E-state index contributed by atoms with van der Waals surface area (Å²) in [5, 5.41) is 15.2. The van der Waals surface area contributed by atoms with Crippen LogP contribution in [0.4, 0.5) is 5.82 Å². The van der Waals surface area contributed by atoms with Crippen molar-refractivity contribution in [1.29, 1.82) is 0 Å². The Morgan fingerprint density at radius 1 is 1.06 bits per heavy atom. The van der Waals surface area contributed by atoms with Gasteiger partial charge in [-0.1, -0.05) is 12.1 Å². The van der Waals surface area contributed by atoms with Crippen LogP contribution in [0.2, 0.25) is 0 Å². The molecular formula is C26H26N2O7. The number of hydrogen-bond acceptors (Lipinski definition) is 8. The topological polar surface area (TPSA) is 111 Å². The Kier molecular flexibility index (Phi) is 6.77. The highest BCUT2D eigenvalue weighted by molar-refractivity contribution is 6.51. The lowest BCUT2D eigenvalue weighted by Gasteiger charge is -2.24. The molecule has 0 spiro atoms. The maximum atomic E-state index is 13.3. The van der Waals surface area contributed by atoms with E-state index in [-0.39, 0.29) is 17.2 Å². The van der Waals surface area contributed by atoms with E-state index in [9.17, 15) is 14.7 Å². The molecule has 0 aliphatic carbocycles. The molecule has 1 N–H and O–H groups in total. The number of aliphatic hydroxyl groups is 1. The summed E-state index contributed by atoms with van der Waals surface area (Å²) in [7, 11) is 2.98. The first-order chi connectivity index (χ1) is 16.9. The monoisotopic (exact) mass is 478 g/mol. The Hall–Kier alpha value is -4.27. The molecular weight excluding hydrogens is 452 g/mol. The summed E-state index contributed by atoms with van der Waals surface area (Å²) < 4.78 is 21.7. The van der Waals surface area contributed by atoms with Crippen LogP contribution in [0.1, 0.15) is 36.3 Å². The molecule has 1 atom stereocenters. The van der Waals surface area contributed by atoms with E-state index in [2.05, 4.69) is 5.16 Å². The molecule has 3 aromatic rings. The molecule has 1 fully saturated rings. The van der Waals surface area contributed by atoms with E-state index in [4.69, 9.17) is 18.7 Å². The number of hydrogen-bond donors (Lipinski definition) is 1. The van der Waals surface area contributed by atoms with E-state index in [1.165, 1.54) is 19.1 Å². The summed E-state index contributed by atoms with van der Waals surface area (Å²) in [4.78, 5) is 27.7. The van der Waals surface area contributed by atoms with Crippen LogP contribution in [0.3, 0.4) is 0 Å². The molecule has 35 heavy (non-hydrogen) atoms. The third-order valence-corrected chi connectivity index (χ3v) is 5.64. The number of carbonyl (C=O) groups excluding carboxylic acids is 2. The van der Waals surface area contributed by atoms with E-state index in [1.807, 2.05) is 6.92 Å². The van der Waals surface area contributed by atoms with Gasteiger partial charge in [0.2, 0.25) is 0 Å². The maximum Gasteiger partial charge on any atom is 0.301 e. The molecule has 1 aliphatic heterocycles. The SMILES string of the molecule is CCCOc1ccc(C(O)=C2C(=O)C(=O)N(c3cc(C)on3)[C@H]2c2cc(OC)ccc2OC)cc1. The smallest absolute Gasteiger partial charge is 0.301 e. The molecule has 0 saturated carbocycles. The number of aliphatic hydroxyl groups excluding tert-OH is 1. The third-order valence-electron chi connectivity index (χ3n) is 5.64. The molecule has 0 radical (unpaired) electrons. The van der Waals surface area contributed by atoms with Gasteiger partial charge in [-0.25, -0.2) is 0 Å². The van der Waals surface area contributed by atoms with Crippen LogP contribution in [0.15, 0.2) is 58.6 Å². The van der Waals surface area contributed by atoms with Gasteiger partial charge in [0, 0.05) is 17.2 Å². The van der Waals surface area contributed by atoms with Gasteiger partial charge in [-0.3, -0.25) is 14.5 Å². The number of ether oxygens (including phenoxy) is 3. The predicted octanol–water partition coefficient (Wildman–Crippen LogP) is 4.42. The summed E-state index contributed by atoms with van der Waals surface area (Å²) in [5.74, 6) is 0.0814. The van der Waals surface area contributed by atoms with Gasteiger partial charge in [-0.15, -0.1) is 0 Å². The number of anilines is 1. The van der Waals surface area contributed by atoms with Gasteiger partial charge in [-0.05, 0) is 55.8 Å². The van der Waals surface area contributed by atoms with E-state index in [0.717, 1.165) is 6.42 Å². The molecule has 9 nitrogen and oxygen atoms in total. The number of nitrogens with zero attached hydrogens (tertiary/aromatic N) is 2. The molecule has 0 bridgehead atoms. The van der Waals surface area contributed by atoms with E-state index >= 15 is 0 Å². The lowest BCUT2D eigenvalue weighted by Crippen LogP contribution is -2.30. The Morgan fingerprint density at radius 3 is 2.37 bits per heavy atom. The van der Waals surface area contributed by atoms with Crippen molar-refractivity contribution in [2.75, 3.05) is 25.7 Å². The number of carbonyl (C=O) groups is 2. The molecule has 182 valence electrons. The minimum atomic E-state index is -1.04. The zero-order chi connectivity index (χ0) is 25.1. The number of amides is 1. The van der Waals surface area contributed by atoms with Gasteiger partial charge in [0.15, 0.2) is 5.82 Å². The molecule has 0 unspecified atom stereocenters. The van der Waals surface area contributed by atoms with Crippen molar-refractivity contribution in [3.8, 4) is 17.2 Å². The zero-order valence-corrected chi connectivity index (χ0v) is 19.9. The second kappa shape index (κ2) is 9.92. The lowest BCUT2D eigenvalue weighted by molar-refractivity contribution is -0.132. The average Bonchev–Trinajstić information content (AvgIpc) is 3.42. The molecule has 1 aliphatic rings. The van der Waals surface area contributed by atoms with Gasteiger partial charge in [0.25, 0.3) is 5.78 Å². The first-order valence-corrected chi connectivity index (χ1v) is 11.1. The predicted molar refractivity (Wildman–Crippen MR) is 128 cm³/mol. The van der Waals surface area contributed by atoms with Crippen molar-refractivity contribution >= 4 is 23.3 Å². The molecule has 1 saturated heterocycles. The fourth-order valence-electron chi connectivity index (χ4n) is 3.97. The summed E-state index contributed by atoms with van der Waals surface area (Å²) in [6.07, 6.45) is 0.856. The minimum Gasteiger partial charge on any atom is -0.507 e. The van der Waals surface area contributed by atoms with E-state index < -0.39 is 17.7 Å². The van der Waals surface area contributed by atoms with Gasteiger partial charge >= 0.3 is 5.91 Å². The first kappa shape index (κ1) is 23.9. The van der Waals surface area contributed by atoms with Crippen molar-refractivity contribution < 1.29 is 33.4 Å². The second-order valence-electron chi connectivity index (χ2n) is 7.95. The molecule has 1 amide bonds. The Morgan fingerprint density at radius 2 is 1.77 bits per heavy atom. The van der Waals surface area contributed by atoms with Crippen LogP contribution < -0.4 is 19.1 Å². The van der Waals surface area contributed by atoms with Crippen molar-refractivity contribution in [3.63, 3.8) is 0 Å². The van der Waals surface area contributed by atoms with Crippen LogP contribution in [0.5, 0.6) is 17.2 Å². The number of aromatic nitrogens is 1. The molecule has 1 aromatic heterocycles. The Bertz CT molecular complexity index is 1280. The van der Waals surface area contributed by atoms with Crippen LogP contribution >= 0.6 is 0 Å². The summed E-state index contributed by atoms with van der Waals surface area (Å²) in [6, 6.07) is 12.2. The molecule has 2 aromatic carbocycles. The molecule has 9 heteroatoms. The third kappa shape index (κ3) is 4.44. The number of Topliss-reactive ketones (excluding diaryl/α,β-unsaturated/α-hetero) is 1. The van der Waals surface area contributed by atoms with Gasteiger partial charge < -0.3 is 23.8 Å². The largest absolute Gasteiger partial charge is 0.507 e. The highest BCUT2D eigenvalue weighted by Gasteiger charge is 2.49. The summed E-state index contributed by atoms with van der Waals surface area (Å²) in [5.41, 5.74) is 0.690. The normalized spacial score (nSPS) is 17.0. The maximum absolute atomic E-state index is 13.3. The van der Waals surface area contributed by atoms with Gasteiger partial charge in [0.1, 0.15) is 34.8 Å². The number of ketones is 1. The first-order valence-electron chi connectivity index (χ1n) is 11.1. The van der Waals surface area contributed by atoms with Crippen molar-refractivity contribution in [3.05, 3.63) is 71.0 Å². The van der Waals surface area contributed by atoms with Gasteiger partial charge in [0.05, 0.1) is 26.4 Å². The highest BCUT2D eigenvalue weighted by atomic mass is 16.5. The number of benzene rings is 2. The fraction of sp³-hybridized carbons (Fsp3) is 0.269. The summed E-state index contributed by atoms with van der Waals surface area (Å²) in [6.45, 7) is 4.24. The highest BCUT2D eigenvalue weighted by Crippen LogP contribution is 2.45. The van der Waals surface area contributed by atoms with Crippen molar-refractivity contribution in [1.82, 2.24) is 5.16 Å². The molecule has 4 rings (SSSR count). The van der Waals surface area contributed by atoms with Crippen LogP contribution in [0.25, 0.3) is 5.76 Å². The summed E-state index contributed by atoms with van der Waals surface area (Å²) >= 11 is 0. The van der Waals surface area contributed by atoms with Gasteiger partial charge in [-0.2, -0.15) is 0 Å². The number of rotatable bonds is 8. The van der Waals surface area contributed by atoms with Crippen molar-refractivity contribution in [2.45, 2.75) is 26.3 Å². The minimum absolute atomic E-state index is 0.107. The average molecular weight is 479 g/mol. The zero-order valence-electron chi connectivity index (χ0n) is 19.9. The standard InChI is InChI=1S/C26H26N2O7/c1-5-12-34-17-8-6-16(7-9-17)24(29)22-23(19-14-18(32-3)10-11-20(19)33-4)28(26(31)25(22)30)21-13-15(2)35-27-21/h6-11,13-14,23,29H,5,12H2,1-4H3/t23-/m0/s1. The number of methoxy groups -OCH3 is 2. The molecule has 2 heterocycles. The van der Waals surface area contributed by atoms with Crippen LogP contribution in [0, 0.1) is 6.92 Å². The number of aryl methyl sites for hydroxylation is 1. The quantitative estimate of drug-likeness (QED) is 0.288. The fourth-order valence-corrected chi connectivity index (χ4v) is 3.97. The second-order valence-corrected chi connectivity index (χ2v) is 7.95. The Balaban J connectivity index is 1.91. The Labute approximate surface area is 202 Å². The van der Waals surface area contributed by atoms with Crippen LogP contribution in [-0.4, -0.2) is 42.8 Å². The van der Waals surface area contributed by atoms with E-state index in [1.54, 1.807) is 55.5 Å². The van der Waals surface area contributed by atoms with E-state index in [0.29, 0.717) is 40.7 Å². The van der Waals surface area contributed by atoms with Crippen LogP contribution in [-0.2, 0) is 9.59 Å². The lowest BCUT2D eigenvalue weighted by atomic mass is 9.94.